The Bertz CT molecular complexity index is 1080. The number of amides is 2. The molecule has 3 aliphatic carbocycles. The van der Waals surface area contributed by atoms with E-state index in [4.69, 9.17) is 0 Å². The molecule has 7 rings (SSSR count). The summed E-state index contributed by atoms with van der Waals surface area (Å²) in [6.45, 7) is 0. The molecule has 0 radical (unpaired) electrons. The van der Waals surface area contributed by atoms with Gasteiger partial charge >= 0.3 is 0 Å². The molecule has 30 heavy (non-hydrogen) atoms. The van der Waals surface area contributed by atoms with Gasteiger partial charge in [0, 0.05) is 31.6 Å². The summed E-state index contributed by atoms with van der Waals surface area (Å²) in [4.78, 5) is 30.8. The molecular weight excluding hydrogens is 372 g/mol. The van der Waals surface area contributed by atoms with Crippen molar-refractivity contribution in [3.8, 4) is 0 Å². The maximum atomic E-state index is 13.7. The summed E-state index contributed by atoms with van der Waals surface area (Å²) in [5.74, 6) is -0.922. The Labute approximate surface area is 175 Å². The fraction of sp³-hybridized carbons (Fsp3) is 0.231. The standard InChI is InChI=1S/C26H22N2O2/c1-27(2)15-11-13-16(14-12-15)28-25(29)23-21-17-7-3-4-8-18(17)22(24(23)26(28)30)20-10-6-5-9-19(20)21/h3-14,21-24H,1-2H3/t21?,22?,23-,24-/m1/s1. The van der Waals surface area contributed by atoms with Gasteiger partial charge in [-0.05, 0) is 46.5 Å². The van der Waals surface area contributed by atoms with E-state index in [0.717, 1.165) is 5.69 Å². The molecule has 2 amide bonds. The molecule has 1 heterocycles. The third-order valence-corrected chi connectivity index (χ3v) is 7.07. The summed E-state index contributed by atoms with van der Waals surface area (Å²) in [6.07, 6.45) is 0. The molecule has 3 aromatic carbocycles. The first kappa shape index (κ1) is 17.5. The molecular formula is C26H22N2O2. The number of anilines is 2. The van der Waals surface area contributed by atoms with Crippen LogP contribution in [0.4, 0.5) is 11.4 Å². The second-order valence-electron chi connectivity index (χ2n) is 8.69. The second-order valence-corrected chi connectivity index (χ2v) is 8.69. The molecule has 4 nitrogen and oxygen atoms in total. The van der Waals surface area contributed by atoms with Gasteiger partial charge in [0.05, 0.1) is 17.5 Å². The van der Waals surface area contributed by atoms with Crippen molar-refractivity contribution in [1.82, 2.24) is 0 Å². The lowest BCUT2D eigenvalue weighted by atomic mass is 9.55. The number of carbonyl (C=O) groups is 2. The molecule has 0 unspecified atom stereocenters. The van der Waals surface area contributed by atoms with Crippen LogP contribution >= 0.6 is 0 Å². The Morgan fingerprint density at radius 3 is 1.40 bits per heavy atom. The Morgan fingerprint density at radius 1 is 0.633 bits per heavy atom. The molecule has 3 aromatic rings. The van der Waals surface area contributed by atoms with Crippen molar-refractivity contribution in [3.05, 3.63) is 95.1 Å². The lowest BCUT2D eigenvalue weighted by Crippen LogP contribution is -2.41. The van der Waals surface area contributed by atoms with Crippen LogP contribution in [0.25, 0.3) is 0 Å². The Morgan fingerprint density at radius 2 is 1.03 bits per heavy atom. The van der Waals surface area contributed by atoms with Crippen LogP contribution in [0.3, 0.4) is 0 Å². The summed E-state index contributed by atoms with van der Waals surface area (Å²) in [5, 5.41) is 0. The number of hydrogen-bond donors (Lipinski definition) is 0. The van der Waals surface area contributed by atoms with E-state index in [1.54, 1.807) is 0 Å². The van der Waals surface area contributed by atoms with Gasteiger partial charge in [-0.1, -0.05) is 48.5 Å². The third-order valence-electron chi connectivity index (χ3n) is 7.07. The molecule has 0 saturated carbocycles. The maximum Gasteiger partial charge on any atom is 0.238 e. The number of imide groups is 1. The molecule has 4 heteroatoms. The van der Waals surface area contributed by atoms with E-state index in [9.17, 15) is 9.59 Å². The van der Waals surface area contributed by atoms with Gasteiger partial charge in [0.1, 0.15) is 0 Å². The highest BCUT2D eigenvalue weighted by Gasteiger charge is 2.61. The highest BCUT2D eigenvalue weighted by Crippen LogP contribution is 2.61. The first-order valence-corrected chi connectivity index (χ1v) is 10.4. The number of carbonyl (C=O) groups excluding carboxylic acids is 2. The monoisotopic (exact) mass is 394 g/mol. The van der Waals surface area contributed by atoms with E-state index >= 15 is 0 Å². The minimum atomic E-state index is -0.333. The second kappa shape index (κ2) is 6.05. The molecule has 1 fully saturated rings. The SMILES string of the molecule is CN(C)c1ccc(N2C(=O)[C@@H]3C4c5ccccc5C(c5ccccc54)[C@H]3C2=O)cc1. The molecule has 0 N–H and O–H groups in total. The van der Waals surface area contributed by atoms with Crippen LogP contribution in [0.1, 0.15) is 34.1 Å². The molecule has 2 bridgehead atoms. The van der Waals surface area contributed by atoms with Crippen LogP contribution in [-0.2, 0) is 9.59 Å². The van der Waals surface area contributed by atoms with Gasteiger partial charge in [0.25, 0.3) is 0 Å². The van der Waals surface area contributed by atoms with Crippen molar-refractivity contribution >= 4 is 23.2 Å². The number of rotatable bonds is 2. The Balaban J connectivity index is 1.50. The van der Waals surface area contributed by atoms with Crippen LogP contribution < -0.4 is 9.80 Å². The first-order valence-electron chi connectivity index (χ1n) is 10.4. The van der Waals surface area contributed by atoms with E-state index in [1.165, 1.54) is 27.2 Å². The quantitative estimate of drug-likeness (QED) is 0.613. The largest absolute Gasteiger partial charge is 0.378 e. The van der Waals surface area contributed by atoms with Crippen LogP contribution in [0.2, 0.25) is 0 Å². The fourth-order valence-corrected chi connectivity index (χ4v) is 5.83. The van der Waals surface area contributed by atoms with E-state index in [1.807, 2.05) is 67.5 Å². The zero-order valence-electron chi connectivity index (χ0n) is 16.9. The zero-order valence-corrected chi connectivity index (χ0v) is 16.9. The van der Waals surface area contributed by atoms with Crippen molar-refractivity contribution in [3.63, 3.8) is 0 Å². The normalized spacial score (nSPS) is 25.7. The number of benzene rings is 3. The Hall–Kier alpha value is -3.40. The van der Waals surface area contributed by atoms with E-state index in [-0.39, 0.29) is 35.5 Å². The van der Waals surface area contributed by atoms with Crippen molar-refractivity contribution in [2.24, 2.45) is 11.8 Å². The molecule has 4 aliphatic rings. The predicted molar refractivity (Wildman–Crippen MR) is 117 cm³/mol. The fourth-order valence-electron chi connectivity index (χ4n) is 5.83. The van der Waals surface area contributed by atoms with Gasteiger partial charge in [-0.25, -0.2) is 4.90 Å². The van der Waals surface area contributed by atoms with Crippen molar-refractivity contribution in [2.75, 3.05) is 23.9 Å². The maximum absolute atomic E-state index is 13.7. The summed E-state index contributed by atoms with van der Waals surface area (Å²) >= 11 is 0. The van der Waals surface area contributed by atoms with E-state index < -0.39 is 0 Å². The molecule has 148 valence electrons. The topological polar surface area (TPSA) is 40.6 Å². The highest BCUT2D eigenvalue weighted by molar-refractivity contribution is 6.23. The summed E-state index contributed by atoms with van der Waals surface area (Å²) in [5.41, 5.74) is 6.51. The smallest absolute Gasteiger partial charge is 0.238 e. The minimum Gasteiger partial charge on any atom is -0.378 e. The van der Waals surface area contributed by atoms with Crippen molar-refractivity contribution in [1.29, 1.82) is 0 Å². The van der Waals surface area contributed by atoms with Crippen LogP contribution in [0, 0.1) is 11.8 Å². The van der Waals surface area contributed by atoms with Crippen LogP contribution in [0.5, 0.6) is 0 Å². The molecule has 0 spiro atoms. The number of hydrogen-bond acceptors (Lipinski definition) is 3. The Kier molecular flexibility index (Phi) is 3.52. The molecule has 1 aliphatic heterocycles. The average molecular weight is 394 g/mol. The molecule has 1 saturated heterocycles. The van der Waals surface area contributed by atoms with Gasteiger partial charge in [-0.15, -0.1) is 0 Å². The lowest BCUT2D eigenvalue weighted by Gasteiger charge is -2.45. The minimum absolute atomic E-state index is 0.0603. The van der Waals surface area contributed by atoms with Gasteiger partial charge in [0.15, 0.2) is 0 Å². The summed E-state index contributed by atoms with van der Waals surface area (Å²) < 4.78 is 0. The summed E-state index contributed by atoms with van der Waals surface area (Å²) in [6, 6.07) is 24.3. The molecule has 2 atom stereocenters. The van der Waals surface area contributed by atoms with E-state index in [2.05, 4.69) is 24.3 Å². The molecule has 0 aromatic heterocycles. The van der Waals surface area contributed by atoms with Crippen LogP contribution in [0.15, 0.2) is 72.8 Å². The average Bonchev–Trinajstić information content (AvgIpc) is 3.04. The van der Waals surface area contributed by atoms with Gasteiger partial charge in [0.2, 0.25) is 11.8 Å². The van der Waals surface area contributed by atoms with Crippen molar-refractivity contribution < 1.29 is 9.59 Å². The zero-order chi connectivity index (χ0) is 20.6. The number of nitrogens with zero attached hydrogens (tertiary/aromatic N) is 2. The van der Waals surface area contributed by atoms with Gasteiger partial charge in [-0.2, -0.15) is 0 Å². The van der Waals surface area contributed by atoms with Crippen LogP contribution in [-0.4, -0.2) is 25.9 Å². The lowest BCUT2D eigenvalue weighted by molar-refractivity contribution is -0.122. The van der Waals surface area contributed by atoms with Gasteiger partial charge < -0.3 is 4.90 Å². The third kappa shape index (κ3) is 2.11. The summed E-state index contributed by atoms with van der Waals surface area (Å²) in [7, 11) is 3.95. The first-order chi connectivity index (χ1) is 14.6. The predicted octanol–water partition coefficient (Wildman–Crippen LogP) is 4.15. The van der Waals surface area contributed by atoms with E-state index in [0.29, 0.717) is 5.69 Å². The highest BCUT2D eigenvalue weighted by atomic mass is 16.2. The van der Waals surface area contributed by atoms with Gasteiger partial charge in [-0.3, -0.25) is 9.59 Å². The van der Waals surface area contributed by atoms with Crippen molar-refractivity contribution in [2.45, 2.75) is 11.8 Å².